The second kappa shape index (κ2) is 7.60. The Morgan fingerprint density at radius 3 is 2.43 bits per heavy atom. The van der Waals surface area contributed by atoms with Crippen molar-refractivity contribution in [3.05, 3.63) is 35.9 Å². The van der Waals surface area contributed by atoms with Gasteiger partial charge in [0.25, 0.3) is 0 Å². The molecule has 3 heteroatoms. The second-order valence-electron chi connectivity index (χ2n) is 6.52. The van der Waals surface area contributed by atoms with E-state index in [1.54, 1.807) is 0 Å². The summed E-state index contributed by atoms with van der Waals surface area (Å²) in [5.41, 5.74) is 7.28. The normalized spacial score (nSPS) is 18.0. The zero-order chi connectivity index (χ0) is 15.2. The molecule has 2 rings (SSSR count). The summed E-state index contributed by atoms with van der Waals surface area (Å²) < 4.78 is 0. The van der Waals surface area contributed by atoms with Gasteiger partial charge in [-0.05, 0) is 36.7 Å². The molecule has 1 aliphatic heterocycles. The Hall–Kier alpha value is -1.35. The van der Waals surface area contributed by atoms with Crippen LogP contribution in [0.4, 0.5) is 0 Å². The molecule has 1 aliphatic rings. The van der Waals surface area contributed by atoms with Gasteiger partial charge in [0.05, 0.1) is 0 Å². The third kappa shape index (κ3) is 4.57. The maximum absolute atomic E-state index is 12.3. The van der Waals surface area contributed by atoms with E-state index in [1.165, 1.54) is 0 Å². The first kappa shape index (κ1) is 16.0. The number of nitrogens with zero attached hydrogens (tertiary/aromatic N) is 1. The molecule has 1 amide bonds. The molecule has 1 saturated heterocycles. The molecule has 1 unspecified atom stereocenters. The first-order valence-electron chi connectivity index (χ1n) is 8.16. The van der Waals surface area contributed by atoms with Crippen molar-refractivity contribution < 1.29 is 4.79 Å². The Balaban J connectivity index is 1.75. The monoisotopic (exact) mass is 288 g/mol. The highest BCUT2D eigenvalue weighted by atomic mass is 16.2. The lowest BCUT2D eigenvalue weighted by atomic mass is 9.86. The standard InChI is InChI=1S/C18H28N2O/c1-14(2)15-10-12-20(13-11-15)18(21)9-8-17(19)16-6-4-3-5-7-16/h3-7,14-15,17H,8-13,19H2,1-2H3. The highest BCUT2D eigenvalue weighted by Crippen LogP contribution is 2.25. The second-order valence-corrected chi connectivity index (χ2v) is 6.52. The number of benzene rings is 1. The van der Waals surface area contributed by atoms with E-state index >= 15 is 0 Å². The third-order valence-electron chi connectivity index (χ3n) is 4.73. The molecule has 1 fully saturated rings. The van der Waals surface area contributed by atoms with Crippen LogP contribution in [0.5, 0.6) is 0 Å². The number of amides is 1. The molecule has 3 nitrogen and oxygen atoms in total. The molecule has 0 bridgehead atoms. The van der Waals surface area contributed by atoms with Crippen LogP contribution in [-0.2, 0) is 4.79 Å². The zero-order valence-corrected chi connectivity index (χ0v) is 13.3. The largest absolute Gasteiger partial charge is 0.343 e. The van der Waals surface area contributed by atoms with E-state index in [9.17, 15) is 4.79 Å². The number of likely N-dealkylation sites (tertiary alicyclic amines) is 1. The van der Waals surface area contributed by atoms with Gasteiger partial charge in [-0.25, -0.2) is 0 Å². The van der Waals surface area contributed by atoms with Crippen molar-refractivity contribution in [3.63, 3.8) is 0 Å². The molecule has 1 aromatic carbocycles. The Labute approximate surface area is 128 Å². The molecule has 0 radical (unpaired) electrons. The van der Waals surface area contributed by atoms with Gasteiger partial charge in [0, 0.05) is 25.6 Å². The van der Waals surface area contributed by atoms with Crippen LogP contribution < -0.4 is 5.73 Å². The maximum atomic E-state index is 12.3. The summed E-state index contributed by atoms with van der Waals surface area (Å²) in [6.45, 7) is 6.40. The summed E-state index contributed by atoms with van der Waals surface area (Å²) in [6.07, 6.45) is 3.58. The van der Waals surface area contributed by atoms with Gasteiger partial charge in [0.15, 0.2) is 0 Å². The molecule has 0 saturated carbocycles. The Morgan fingerprint density at radius 1 is 1.24 bits per heavy atom. The first-order valence-corrected chi connectivity index (χ1v) is 8.16. The topological polar surface area (TPSA) is 46.3 Å². The quantitative estimate of drug-likeness (QED) is 0.903. The Kier molecular flexibility index (Phi) is 5.80. The highest BCUT2D eigenvalue weighted by Gasteiger charge is 2.24. The molecular weight excluding hydrogens is 260 g/mol. The average Bonchev–Trinajstić information content (AvgIpc) is 2.53. The van der Waals surface area contributed by atoms with Crippen LogP contribution in [0.2, 0.25) is 0 Å². The van der Waals surface area contributed by atoms with Crippen LogP contribution in [0.1, 0.15) is 51.1 Å². The minimum atomic E-state index is -0.0386. The first-order chi connectivity index (χ1) is 10.1. The van der Waals surface area contributed by atoms with Crippen LogP contribution in [0.25, 0.3) is 0 Å². The Bertz CT molecular complexity index is 436. The van der Waals surface area contributed by atoms with Crippen LogP contribution in [-0.4, -0.2) is 23.9 Å². The third-order valence-corrected chi connectivity index (χ3v) is 4.73. The lowest BCUT2D eigenvalue weighted by molar-refractivity contribution is -0.133. The smallest absolute Gasteiger partial charge is 0.222 e. The van der Waals surface area contributed by atoms with Gasteiger partial charge in [-0.15, -0.1) is 0 Å². The molecule has 116 valence electrons. The molecule has 0 spiro atoms. The van der Waals surface area contributed by atoms with Crippen LogP contribution in [0, 0.1) is 11.8 Å². The fraction of sp³-hybridized carbons (Fsp3) is 0.611. The van der Waals surface area contributed by atoms with E-state index < -0.39 is 0 Å². The van der Waals surface area contributed by atoms with E-state index in [-0.39, 0.29) is 11.9 Å². The van der Waals surface area contributed by atoms with E-state index in [4.69, 9.17) is 5.73 Å². The molecule has 0 aliphatic carbocycles. The zero-order valence-electron chi connectivity index (χ0n) is 13.3. The van der Waals surface area contributed by atoms with Gasteiger partial charge >= 0.3 is 0 Å². The van der Waals surface area contributed by atoms with Crippen molar-refractivity contribution in [2.75, 3.05) is 13.1 Å². The van der Waals surface area contributed by atoms with Crippen molar-refractivity contribution in [3.8, 4) is 0 Å². The SMILES string of the molecule is CC(C)C1CCN(C(=O)CCC(N)c2ccccc2)CC1. The van der Waals surface area contributed by atoms with Gasteiger partial charge in [0.2, 0.25) is 5.91 Å². The Morgan fingerprint density at radius 2 is 1.86 bits per heavy atom. The van der Waals surface area contributed by atoms with E-state index in [2.05, 4.69) is 13.8 Å². The number of piperidine rings is 1. The predicted molar refractivity (Wildman–Crippen MR) is 86.7 cm³/mol. The molecular formula is C18H28N2O. The minimum Gasteiger partial charge on any atom is -0.343 e. The number of hydrogen-bond donors (Lipinski definition) is 1. The predicted octanol–water partition coefficient (Wildman–Crippen LogP) is 3.36. The number of hydrogen-bond acceptors (Lipinski definition) is 2. The molecule has 1 atom stereocenters. The fourth-order valence-electron chi connectivity index (χ4n) is 3.12. The van der Waals surface area contributed by atoms with Crippen molar-refractivity contribution >= 4 is 5.91 Å². The summed E-state index contributed by atoms with van der Waals surface area (Å²) in [7, 11) is 0. The van der Waals surface area contributed by atoms with Crippen molar-refractivity contribution in [1.82, 2.24) is 4.90 Å². The van der Waals surface area contributed by atoms with E-state index in [0.717, 1.165) is 49.8 Å². The molecule has 21 heavy (non-hydrogen) atoms. The summed E-state index contributed by atoms with van der Waals surface area (Å²) in [5.74, 6) is 1.78. The van der Waals surface area contributed by atoms with E-state index in [1.807, 2.05) is 35.2 Å². The number of carbonyl (C=O) groups is 1. The summed E-state index contributed by atoms with van der Waals surface area (Å²) in [6, 6.07) is 10.00. The molecule has 1 heterocycles. The minimum absolute atomic E-state index is 0.0386. The van der Waals surface area contributed by atoms with Crippen LogP contribution in [0.3, 0.4) is 0 Å². The molecule has 2 N–H and O–H groups in total. The van der Waals surface area contributed by atoms with Crippen molar-refractivity contribution in [2.45, 2.75) is 45.6 Å². The van der Waals surface area contributed by atoms with Crippen LogP contribution in [0.15, 0.2) is 30.3 Å². The lowest BCUT2D eigenvalue weighted by Gasteiger charge is -2.34. The van der Waals surface area contributed by atoms with Gasteiger partial charge in [-0.1, -0.05) is 44.2 Å². The van der Waals surface area contributed by atoms with Gasteiger partial charge in [0.1, 0.15) is 0 Å². The van der Waals surface area contributed by atoms with Gasteiger partial charge in [-0.3, -0.25) is 4.79 Å². The van der Waals surface area contributed by atoms with Crippen LogP contribution >= 0.6 is 0 Å². The van der Waals surface area contributed by atoms with E-state index in [0.29, 0.717) is 6.42 Å². The summed E-state index contributed by atoms with van der Waals surface area (Å²) in [4.78, 5) is 14.3. The van der Waals surface area contributed by atoms with Gasteiger partial charge in [-0.2, -0.15) is 0 Å². The maximum Gasteiger partial charge on any atom is 0.222 e. The number of carbonyl (C=O) groups excluding carboxylic acids is 1. The highest BCUT2D eigenvalue weighted by molar-refractivity contribution is 5.76. The lowest BCUT2D eigenvalue weighted by Crippen LogP contribution is -2.39. The van der Waals surface area contributed by atoms with Crippen molar-refractivity contribution in [2.24, 2.45) is 17.6 Å². The summed E-state index contributed by atoms with van der Waals surface area (Å²) in [5, 5.41) is 0. The average molecular weight is 288 g/mol. The van der Waals surface area contributed by atoms with Gasteiger partial charge < -0.3 is 10.6 Å². The summed E-state index contributed by atoms with van der Waals surface area (Å²) >= 11 is 0. The number of rotatable bonds is 5. The fourth-order valence-corrected chi connectivity index (χ4v) is 3.12. The van der Waals surface area contributed by atoms with Crippen molar-refractivity contribution in [1.29, 1.82) is 0 Å². The molecule has 1 aromatic rings. The molecule has 0 aromatic heterocycles. The number of nitrogens with two attached hydrogens (primary N) is 1.